The Labute approximate surface area is 245 Å². The fourth-order valence-corrected chi connectivity index (χ4v) is 6.03. The van der Waals surface area contributed by atoms with E-state index in [1.54, 1.807) is 4.90 Å². The van der Waals surface area contributed by atoms with Gasteiger partial charge in [-0.25, -0.2) is 4.79 Å². The number of carbonyl (C=O) groups excluding carboxylic acids is 2. The molecule has 1 aromatic rings. The standard InChI is InChI=1S/C30H47BN4O6/c1-5-24(18-30(3,4)35-15-16-40-22(2)20-35)26(19-32)28(36)34-14-10-9-13-25(21-34)41-29(37)33-27(31(38)39)17-23-11-7-6-8-12-23/h6-8,11-12,22,24-27,38-39H,5,9-10,13-18,20-21H2,1-4H3,(H,33,37)/t22-,24?,25+,26?,27-/m0/s1. The van der Waals surface area contributed by atoms with E-state index in [1.807, 2.05) is 37.3 Å². The predicted octanol–water partition coefficient (Wildman–Crippen LogP) is 2.77. The number of likely N-dealkylation sites (tertiary alicyclic amines) is 1. The Bertz CT molecular complexity index is 1020. The summed E-state index contributed by atoms with van der Waals surface area (Å²) in [4.78, 5) is 30.6. The number of alkyl carbamates (subject to hydrolysis) is 1. The summed E-state index contributed by atoms with van der Waals surface area (Å²) >= 11 is 0. The second kappa shape index (κ2) is 15.5. The number of rotatable bonds is 11. The highest BCUT2D eigenvalue weighted by molar-refractivity contribution is 6.43. The second-order valence-corrected chi connectivity index (χ2v) is 12.1. The van der Waals surface area contributed by atoms with E-state index in [4.69, 9.17) is 9.47 Å². The fourth-order valence-electron chi connectivity index (χ4n) is 6.03. The van der Waals surface area contributed by atoms with E-state index >= 15 is 0 Å². The largest absolute Gasteiger partial charge is 0.475 e. The normalized spacial score (nSPS) is 22.5. The molecule has 3 N–H and O–H groups in total. The monoisotopic (exact) mass is 570 g/mol. The van der Waals surface area contributed by atoms with Gasteiger partial charge in [0, 0.05) is 25.2 Å². The Morgan fingerprint density at radius 1 is 1.22 bits per heavy atom. The summed E-state index contributed by atoms with van der Waals surface area (Å²) in [6.07, 6.45) is 2.59. The Balaban J connectivity index is 1.62. The number of carbonyl (C=O) groups is 2. The van der Waals surface area contributed by atoms with Crippen molar-refractivity contribution in [1.82, 2.24) is 15.1 Å². The molecule has 10 nitrogen and oxygen atoms in total. The van der Waals surface area contributed by atoms with Gasteiger partial charge in [-0.15, -0.1) is 0 Å². The third-order valence-electron chi connectivity index (χ3n) is 8.43. The van der Waals surface area contributed by atoms with Crippen LogP contribution in [0.15, 0.2) is 30.3 Å². The molecule has 0 radical (unpaired) electrons. The van der Waals surface area contributed by atoms with Gasteiger partial charge in [0.1, 0.15) is 12.0 Å². The number of nitrogens with zero attached hydrogens (tertiary/aromatic N) is 3. The average Bonchev–Trinajstić information content (AvgIpc) is 3.18. The summed E-state index contributed by atoms with van der Waals surface area (Å²) in [6, 6.07) is 11.5. The van der Waals surface area contributed by atoms with Gasteiger partial charge in [0.15, 0.2) is 0 Å². The van der Waals surface area contributed by atoms with Crippen LogP contribution in [-0.4, -0.2) is 95.4 Å². The van der Waals surface area contributed by atoms with Crippen molar-refractivity contribution in [2.45, 2.75) is 89.9 Å². The van der Waals surface area contributed by atoms with E-state index in [9.17, 15) is 24.9 Å². The molecule has 2 amide bonds. The van der Waals surface area contributed by atoms with Gasteiger partial charge >= 0.3 is 13.2 Å². The first-order valence-corrected chi connectivity index (χ1v) is 15.0. The summed E-state index contributed by atoms with van der Waals surface area (Å²) in [5.41, 5.74) is 0.654. The van der Waals surface area contributed by atoms with Gasteiger partial charge in [-0.3, -0.25) is 9.69 Å². The smallest absolute Gasteiger partial charge is 0.444 e. The maximum atomic E-state index is 13.7. The van der Waals surface area contributed by atoms with Crippen LogP contribution < -0.4 is 5.32 Å². The van der Waals surface area contributed by atoms with Crippen molar-refractivity contribution in [2.75, 3.05) is 32.8 Å². The van der Waals surface area contributed by atoms with Crippen molar-refractivity contribution in [2.24, 2.45) is 11.8 Å². The van der Waals surface area contributed by atoms with Crippen LogP contribution in [-0.2, 0) is 20.7 Å². The van der Waals surface area contributed by atoms with E-state index in [-0.39, 0.29) is 36.4 Å². The summed E-state index contributed by atoms with van der Waals surface area (Å²) in [6.45, 7) is 11.5. The quantitative estimate of drug-likeness (QED) is 0.346. The number of hydrogen-bond donors (Lipinski definition) is 3. The van der Waals surface area contributed by atoms with Gasteiger partial charge < -0.3 is 29.7 Å². The highest BCUT2D eigenvalue weighted by atomic mass is 16.6. The topological polar surface area (TPSA) is 135 Å². The molecule has 2 saturated heterocycles. The fraction of sp³-hybridized carbons (Fsp3) is 0.700. The second-order valence-electron chi connectivity index (χ2n) is 12.1. The molecule has 2 aliphatic heterocycles. The van der Waals surface area contributed by atoms with Crippen molar-refractivity contribution in [1.29, 1.82) is 5.26 Å². The third kappa shape index (κ3) is 9.71. The van der Waals surface area contributed by atoms with Crippen molar-refractivity contribution >= 4 is 19.1 Å². The Hall–Kier alpha value is -2.65. The molecule has 3 rings (SSSR count). The van der Waals surface area contributed by atoms with Crippen LogP contribution in [0.25, 0.3) is 0 Å². The molecule has 2 aliphatic rings. The first kappa shape index (κ1) is 32.9. The Morgan fingerprint density at radius 3 is 2.59 bits per heavy atom. The van der Waals surface area contributed by atoms with Gasteiger partial charge in [-0.05, 0) is 64.4 Å². The molecule has 11 heteroatoms. The zero-order valence-corrected chi connectivity index (χ0v) is 25.0. The predicted molar refractivity (Wildman–Crippen MR) is 157 cm³/mol. The van der Waals surface area contributed by atoms with Crippen LogP contribution in [0, 0.1) is 23.2 Å². The molecular weight excluding hydrogens is 523 g/mol. The highest BCUT2D eigenvalue weighted by Gasteiger charge is 2.39. The number of hydrogen-bond acceptors (Lipinski definition) is 8. The van der Waals surface area contributed by atoms with Crippen molar-refractivity contribution in [3.8, 4) is 6.07 Å². The van der Waals surface area contributed by atoms with Gasteiger partial charge in [0.25, 0.3) is 0 Å². The highest BCUT2D eigenvalue weighted by Crippen LogP contribution is 2.32. The number of amides is 2. The lowest BCUT2D eigenvalue weighted by molar-refractivity contribution is -0.137. The maximum absolute atomic E-state index is 13.7. The van der Waals surface area contributed by atoms with Crippen LogP contribution in [0.4, 0.5) is 4.79 Å². The number of nitrogens with one attached hydrogen (secondary N) is 1. The summed E-state index contributed by atoms with van der Waals surface area (Å²) in [5, 5.41) is 32.4. The van der Waals surface area contributed by atoms with Crippen LogP contribution >= 0.6 is 0 Å². The van der Waals surface area contributed by atoms with Gasteiger partial charge in [0.2, 0.25) is 5.91 Å². The molecule has 2 heterocycles. The SMILES string of the molecule is CCC(CC(C)(C)N1CCO[C@@H](C)C1)C(C#N)C(=O)N1CCCC[C@@H](OC(=O)N[C@@H](Cc2ccccc2)B(O)O)C1. The van der Waals surface area contributed by atoms with E-state index in [0.717, 1.165) is 31.5 Å². The van der Waals surface area contributed by atoms with E-state index in [1.165, 1.54) is 0 Å². The molecule has 0 spiro atoms. The molecule has 0 bridgehead atoms. The van der Waals surface area contributed by atoms with Crippen LogP contribution in [0.5, 0.6) is 0 Å². The van der Waals surface area contributed by atoms with Crippen LogP contribution in [0.3, 0.4) is 0 Å². The molecular formula is C30H47BN4O6. The molecule has 5 atom stereocenters. The summed E-state index contributed by atoms with van der Waals surface area (Å²) in [5.74, 6) is -2.06. The lowest BCUT2D eigenvalue weighted by Gasteiger charge is -2.45. The van der Waals surface area contributed by atoms with Crippen LogP contribution in [0.1, 0.15) is 65.4 Å². The first-order valence-electron chi connectivity index (χ1n) is 15.0. The number of ether oxygens (including phenoxy) is 2. The minimum atomic E-state index is -1.76. The number of morpholine rings is 1. The van der Waals surface area contributed by atoms with E-state index in [2.05, 4.69) is 37.1 Å². The van der Waals surface area contributed by atoms with Crippen LogP contribution in [0.2, 0.25) is 0 Å². The maximum Gasteiger partial charge on any atom is 0.475 e. The molecule has 1 aromatic carbocycles. The average molecular weight is 571 g/mol. The molecule has 226 valence electrons. The third-order valence-corrected chi connectivity index (χ3v) is 8.43. The zero-order valence-electron chi connectivity index (χ0n) is 25.0. The molecule has 2 unspecified atom stereocenters. The minimum absolute atomic E-state index is 0.114. The van der Waals surface area contributed by atoms with E-state index in [0.29, 0.717) is 32.4 Å². The Kier molecular flexibility index (Phi) is 12.5. The van der Waals surface area contributed by atoms with Crippen molar-refractivity contribution < 1.29 is 29.1 Å². The van der Waals surface area contributed by atoms with Crippen molar-refractivity contribution in [3.63, 3.8) is 0 Å². The molecule has 2 fully saturated rings. The molecule has 41 heavy (non-hydrogen) atoms. The van der Waals surface area contributed by atoms with Gasteiger partial charge in [-0.1, -0.05) is 43.7 Å². The number of benzene rings is 1. The first-order chi connectivity index (χ1) is 19.5. The molecule has 0 aliphatic carbocycles. The van der Waals surface area contributed by atoms with Gasteiger partial charge in [0.05, 0.1) is 31.3 Å². The Morgan fingerprint density at radius 2 is 1.95 bits per heavy atom. The summed E-state index contributed by atoms with van der Waals surface area (Å²) in [7, 11) is -1.76. The van der Waals surface area contributed by atoms with Gasteiger partial charge in [-0.2, -0.15) is 5.26 Å². The molecule has 0 saturated carbocycles. The zero-order chi connectivity index (χ0) is 30.0. The lowest BCUT2D eigenvalue weighted by atomic mass is 9.76. The number of nitriles is 1. The minimum Gasteiger partial charge on any atom is -0.444 e. The van der Waals surface area contributed by atoms with E-state index < -0.39 is 31.2 Å². The van der Waals surface area contributed by atoms with Crippen molar-refractivity contribution in [3.05, 3.63) is 35.9 Å². The molecule has 0 aromatic heterocycles. The summed E-state index contributed by atoms with van der Waals surface area (Å²) < 4.78 is 11.4. The lowest BCUT2D eigenvalue weighted by Crippen LogP contribution is -2.53.